The van der Waals surface area contributed by atoms with Gasteiger partial charge >= 0.3 is 0 Å². The number of likely N-dealkylation sites (N-methyl/N-ethyl adjacent to an activating group) is 1. The molecule has 84 valence electrons. The molecule has 1 amide bonds. The van der Waals surface area contributed by atoms with Crippen LogP contribution in [0.5, 0.6) is 0 Å². The van der Waals surface area contributed by atoms with E-state index < -0.39 is 0 Å². The molecule has 1 rings (SSSR count). The van der Waals surface area contributed by atoms with Crippen LogP contribution in [0, 0.1) is 5.92 Å². The average Bonchev–Trinajstić information content (AvgIpc) is 2.53. The minimum Gasteiger partial charge on any atom is -0.341 e. The van der Waals surface area contributed by atoms with Crippen LogP contribution in [0.25, 0.3) is 0 Å². The summed E-state index contributed by atoms with van der Waals surface area (Å²) in [7, 11) is 1.92. The number of amides is 1. The Hall–Kier alpha value is -0.280. The Morgan fingerprint density at radius 2 is 2.21 bits per heavy atom. The first kappa shape index (κ1) is 13.7. The van der Waals surface area contributed by atoms with Gasteiger partial charge in [-0.1, -0.05) is 13.8 Å². The molecular weight excluding hydrogens is 200 g/mol. The van der Waals surface area contributed by atoms with Crippen molar-refractivity contribution in [3.05, 3.63) is 0 Å². The van der Waals surface area contributed by atoms with Crippen molar-refractivity contribution in [3.63, 3.8) is 0 Å². The number of nitrogens with one attached hydrogen (secondary N) is 1. The highest BCUT2D eigenvalue weighted by Crippen LogP contribution is 2.10. The van der Waals surface area contributed by atoms with Gasteiger partial charge in [0.15, 0.2) is 0 Å². The van der Waals surface area contributed by atoms with E-state index in [0.29, 0.717) is 18.4 Å². The van der Waals surface area contributed by atoms with Crippen molar-refractivity contribution in [1.29, 1.82) is 0 Å². The van der Waals surface area contributed by atoms with Gasteiger partial charge in [-0.05, 0) is 18.9 Å². The van der Waals surface area contributed by atoms with Gasteiger partial charge in [-0.15, -0.1) is 12.4 Å². The molecular formula is C10H21ClN2O. The van der Waals surface area contributed by atoms with Crippen molar-refractivity contribution in [2.75, 3.05) is 20.1 Å². The van der Waals surface area contributed by atoms with Crippen LogP contribution in [0.2, 0.25) is 0 Å². The summed E-state index contributed by atoms with van der Waals surface area (Å²) in [5, 5.41) is 3.27. The summed E-state index contributed by atoms with van der Waals surface area (Å²) >= 11 is 0. The second-order valence-corrected chi connectivity index (χ2v) is 4.25. The predicted octanol–water partition coefficient (Wildman–Crippen LogP) is 1.27. The summed E-state index contributed by atoms with van der Waals surface area (Å²) in [5.41, 5.74) is 0. The average molecular weight is 221 g/mol. The van der Waals surface area contributed by atoms with Crippen LogP contribution in [0.15, 0.2) is 0 Å². The molecule has 0 saturated carbocycles. The van der Waals surface area contributed by atoms with Crippen molar-refractivity contribution >= 4 is 18.3 Å². The number of carbonyl (C=O) groups is 1. The monoisotopic (exact) mass is 220 g/mol. The lowest BCUT2D eigenvalue weighted by atomic mass is 10.1. The third kappa shape index (κ3) is 3.84. The van der Waals surface area contributed by atoms with Crippen LogP contribution in [0.3, 0.4) is 0 Å². The molecule has 1 unspecified atom stereocenters. The number of halogens is 1. The molecule has 0 aromatic rings. The molecule has 3 nitrogen and oxygen atoms in total. The molecule has 1 aliphatic heterocycles. The Labute approximate surface area is 92.6 Å². The molecule has 0 aliphatic carbocycles. The molecule has 1 N–H and O–H groups in total. The van der Waals surface area contributed by atoms with E-state index in [2.05, 4.69) is 19.2 Å². The quantitative estimate of drug-likeness (QED) is 0.777. The van der Waals surface area contributed by atoms with Crippen molar-refractivity contribution in [1.82, 2.24) is 10.2 Å². The second-order valence-electron chi connectivity index (χ2n) is 4.25. The van der Waals surface area contributed by atoms with E-state index in [9.17, 15) is 4.79 Å². The summed E-state index contributed by atoms with van der Waals surface area (Å²) in [6, 6.07) is 0.422. The number of hydrogen-bond acceptors (Lipinski definition) is 2. The normalized spacial score (nSPS) is 20.7. The molecule has 1 heterocycles. The van der Waals surface area contributed by atoms with Gasteiger partial charge in [0, 0.05) is 26.1 Å². The van der Waals surface area contributed by atoms with Crippen molar-refractivity contribution < 1.29 is 4.79 Å². The highest BCUT2D eigenvalue weighted by molar-refractivity contribution is 5.85. The highest BCUT2D eigenvalue weighted by Gasteiger charge is 2.22. The lowest BCUT2D eigenvalue weighted by molar-refractivity contribution is -0.132. The number of rotatable bonds is 3. The lowest BCUT2D eigenvalue weighted by Crippen LogP contribution is -2.38. The Bertz CT molecular complexity index is 179. The molecule has 1 fully saturated rings. The van der Waals surface area contributed by atoms with Crippen LogP contribution >= 0.6 is 12.4 Å². The second kappa shape index (κ2) is 6.25. The number of nitrogens with zero attached hydrogens (tertiary/aromatic N) is 1. The summed E-state index contributed by atoms with van der Waals surface area (Å²) < 4.78 is 0. The molecule has 0 radical (unpaired) electrons. The van der Waals surface area contributed by atoms with Gasteiger partial charge in [0.05, 0.1) is 0 Å². The van der Waals surface area contributed by atoms with Gasteiger partial charge in [-0.3, -0.25) is 4.79 Å². The molecule has 0 aromatic heterocycles. The van der Waals surface area contributed by atoms with Gasteiger partial charge in [0.25, 0.3) is 0 Å². The molecule has 1 atom stereocenters. The molecule has 0 spiro atoms. The molecule has 0 bridgehead atoms. The largest absolute Gasteiger partial charge is 0.341 e. The number of carbonyl (C=O) groups excluding carboxylic acids is 1. The Balaban J connectivity index is 0.00000169. The highest BCUT2D eigenvalue weighted by atomic mass is 35.5. The summed E-state index contributed by atoms with van der Waals surface area (Å²) in [6.45, 7) is 6.17. The van der Waals surface area contributed by atoms with Crippen LogP contribution < -0.4 is 5.32 Å². The van der Waals surface area contributed by atoms with E-state index in [1.165, 1.54) is 0 Å². The van der Waals surface area contributed by atoms with E-state index in [4.69, 9.17) is 0 Å². The van der Waals surface area contributed by atoms with Gasteiger partial charge in [-0.25, -0.2) is 0 Å². The molecule has 14 heavy (non-hydrogen) atoms. The maximum Gasteiger partial charge on any atom is 0.222 e. The van der Waals surface area contributed by atoms with Crippen molar-refractivity contribution in [2.24, 2.45) is 5.92 Å². The Morgan fingerprint density at radius 3 is 2.64 bits per heavy atom. The minimum absolute atomic E-state index is 0. The number of hydrogen-bond donors (Lipinski definition) is 1. The molecule has 1 saturated heterocycles. The SMILES string of the molecule is CC(C)CC(=O)N(C)C1CCNC1.Cl. The molecule has 1 aliphatic rings. The van der Waals surface area contributed by atoms with E-state index in [-0.39, 0.29) is 18.3 Å². The first-order valence-electron chi connectivity index (χ1n) is 5.07. The first-order valence-corrected chi connectivity index (χ1v) is 5.07. The van der Waals surface area contributed by atoms with E-state index >= 15 is 0 Å². The van der Waals surface area contributed by atoms with Crippen LogP contribution in [0.1, 0.15) is 26.7 Å². The van der Waals surface area contributed by atoms with E-state index in [1.807, 2.05) is 11.9 Å². The zero-order chi connectivity index (χ0) is 9.84. The zero-order valence-electron chi connectivity index (χ0n) is 9.25. The fourth-order valence-electron chi connectivity index (χ4n) is 1.67. The summed E-state index contributed by atoms with van der Waals surface area (Å²) in [6.07, 6.45) is 1.77. The Morgan fingerprint density at radius 1 is 1.57 bits per heavy atom. The van der Waals surface area contributed by atoms with Gasteiger partial charge in [-0.2, -0.15) is 0 Å². The minimum atomic E-state index is 0. The van der Waals surface area contributed by atoms with E-state index in [1.54, 1.807) is 0 Å². The third-order valence-electron chi connectivity index (χ3n) is 2.56. The Kier molecular flexibility index (Phi) is 6.12. The van der Waals surface area contributed by atoms with Crippen LogP contribution in [-0.2, 0) is 4.79 Å². The zero-order valence-corrected chi connectivity index (χ0v) is 10.1. The topological polar surface area (TPSA) is 32.3 Å². The maximum absolute atomic E-state index is 11.6. The fraction of sp³-hybridized carbons (Fsp3) is 0.900. The van der Waals surface area contributed by atoms with Gasteiger partial charge < -0.3 is 10.2 Å². The standard InChI is InChI=1S/C10H20N2O.ClH/c1-8(2)6-10(13)12(3)9-4-5-11-7-9;/h8-9,11H,4-7H2,1-3H3;1H. The third-order valence-corrected chi connectivity index (χ3v) is 2.56. The van der Waals surface area contributed by atoms with E-state index in [0.717, 1.165) is 19.5 Å². The maximum atomic E-state index is 11.6. The molecule has 4 heteroatoms. The van der Waals surface area contributed by atoms with Crippen LogP contribution in [0.4, 0.5) is 0 Å². The van der Waals surface area contributed by atoms with Crippen LogP contribution in [-0.4, -0.2) is 37.0 Å². The predicted molar refractivity (Wildman–Crippen MR) is 60.7 cm³/mol. The lowest BCUT2D eigenvalue weighted by Gasteiger charge is -2.24. The molecule has 0 aromatic carbocycles. The smallest absolute Gasteiger partial charge is 0.222 e. The van der Waals surface area contributed by atoms with Gasteiger partial charge in [0.1, 0.15) is 0 Å². The fourth-order valence-corrected chi connectivity index (χ4v) is 1.67. The summed E-state index contributed by atoms with van der Waals surface area (Å²) in [4.78, 5) is 13.5. The summed E-state index contributed by atoms with van der Waals surface area (Å²) in [5.74, 6) is 0.744. The first-order chi connectivity index (χ1) is 6.11. The van der Waals surface area contributed by atoms with Gasteiger partial charge in [0.2, 0.25) is 5.91 Å². The van der Waals surface area contributed by atoms with Crippen molar-refractivity contribution in [3.8, 4) is 0 Å². The van der Waals surface area contributed by atoms with Crippen molar-refractivity contribution in [2.45, 2.75) is 32.7 Å².